The lowest BCUT2D eigenvalue weighted by atomic mass is 10.0. The Balaban J connectivity index is 2.18. The van der Waals surface area contributed by atoms with Gasteiger partial charge in [-0.1, -0.05) is 6.92 Å². The van der Waals surface area contributed by atoms with Crippen molar-refractivity contribution in [3.63, 3.8) is 0 Å². The number of methoxy groups -OCH3 is 1. The molecule has 0 amide bonds. The highest BCUT2D eigenvalue weighted by Crippen LogP contribution is 2.46. The third-order valence-corrected chi connectivity index (χ3v) is 3.11. The second-order valence-corrected chi connectivity index (χ2v) is 4.18. The first-order valence-corrected chi connectivity index (χ1v) is 5.21. The Labute approximate surface area is 89.8 Å². The molecule has 4 nitrogen and oxygen atoms in total. The number of hydrazine groups is 1. The van der Waals surface area contributed by atoms with Crippen LogP contribution in [0, 0.1) is 11.8 Å². The number of nitrogens with one attached hydrogen (secondary N) is 1. The molecular formula is C11H17N3O. The Morgan fingerprint density at radius 2 is 2.33 bits per heavy atom. The molecule has 0 spiro atoms. The maximum atomic E-state index is 5.58. The smallest absolute Gasteiger partial charge is 0.137 e. The zero-order chi connectivity index (χ0) is 10.8. The molecule has 0 radical (unpaired) electrons. The van der Waals surface area contributed by atoms with Crippen LogP contribution in [0.1, 0.15) is 24.9 Å². The average molecular weight is 207 g/mol. The Kier molecular flexibility index (Phi) is 2.88. The summed E-state index contributed by atoms with van der Waals surface area (Å²) in [6.07, 6.45) is 4.78. The molecule has 82 valence electrons. The van der Waals surface area contributed by atoms with Gasteiger partial charge in [-0.15, -0.1) is 0 Å². The zero-order valence-corrected chi connectivity index (χ0v) is 9.10. The van der Waals surface area contributed by atoms with Gasteiger partial charge in [0.25, 0.3) is 0 Å². The van der Waals surface area contributed by atoms with E-state index < -0.39 is 0 Å². The molecule has 3 atom stereocenters. The molecule has 1 heterocycles. The normalized spacial score (nSPS) is 26.1. The molecule has 4 heteroatoms. The second-order valence-electron chi connectivity index (χ2n) is 4.18. The lowest BCUT2D eigenvalue weighted by Gasteiger charge is -2.16. The predicted octanol–water partition coefficient (Wildman–Crippen LogP) is 1.25. The van der Waals surface area contributed by atoms with Gasteiger partial charge in [0, 0.05) is 6.20 Å². The summed E-state index contributed by atoms with van der Waals surface area (Å²) in [6, 6.07) is 2.19. The average Bonchev–Trinajstić information content (AvgIpc) is 2.97. The van der Waals surface area contributed by atoms with Gasteiger partial charge in [0.2, 0.25) is 0 Å². The van der Waals surface area contributed by atoms with Gasteiger partial charge in [-0.3, -0.25) is 16.3 Å². The SMILES string of the molecule is COc1cncc(C(NN)C2CC2C)c1. The Morgan fingerprint density at radius 1 is 1.60 bits per heavy atom. The highest BCUT2D eigenvalue weighted by atomic mass is 16.5. The number of nitrogens with two attached hydrogens (primary N) is 1. The summed E-state index contributed by atoms with van der Waals surface area (Å²) >= 11 is 0. The van der Waals surface area contributed by atoms with Crippen molar-refractivity contribution < 1.29 is 4.74 Å². The minimum absolute atomic E-state index is 0.197. The van der Waals surface area contributed by atoms with E-state index >= 15 is 0 Å². The molecule has 1 aromatic heterocycles. The second kappa shape index (κ2) is 4.16. The van der Waals surface area contributed by atoms with Crippen LogP contribution in [0.5, 0.6) is 5.75 Å². The third kappa shape index (κ3) is 2.11. The summed E-state index contributed by atoms with van der Waals surface area (Å²) in [5.41, 5.74) is 3.97. The summed E-state index contributed by atoms with van der Waals surface area (Å²) in [4.78, 5) is 4.14. The van der Waals surface area contributed by atoms with E-state index in [1.165, 1.54) is 6.42 Å². The fraction of sp³-hybridized carbons (Fsp3) is 0.545. The zero-order valence-electron chi connectivity index (χ0n) is 9.10. The number of hydrogen-bond acceptors (Lipinski definition) is 4. The van der Waals surface area contributed by atoms with Gasteiger partial charge < -0.3 is 4.74 Å². The van der Waals surface area contributed by atoms with Gasteiger partial charge in [-0.2, -0.15) is 0 Å². The highest BCUT2D eigenvalue weighted by molar-refractivity contribution is 5.27. The van der Waals surface area contributed by atoms with E-state index in [0.717, 1.165) is 17.2 Å². The van der Waals surface area contributed by atoms with Gasteiger partial charge in [0.15, 0.2) is 0 Å². The van der Waals surface area contributed by atoms with Crippen LogP contribution in [0.2, 0.25) is 0 Å². The van der Waals surface area contributed by atoms with Crippen LogP contribution in [-0.2, 0) is 0 Å². The molecule has 3 unspecified atom stereocenters. The molecule has 1 fully saturated rings. The van der Waals surface area contributed by atoms with Crippen LogP contribution >= 0.6 is 0 Å². The monoisotopic (exact) mass is 207 g/mol. The van der Waals surface area contributed by atoms with Crippen molar-refractivity contribution in [2.75, 3.05) is 7.11 Å². The van der Waals surface area contributed by atoms with Gasteiger partial charge in [0.05, 0.1) is 19.3 Å². The van der Waals surface area contributed by atoms with Crippen LogP contribution in [0.3, 0.4) is 0 Å². The van der Waals surface area contributed by atoms with E-state index in [9.17, 15) is 0 Å². The van der Waals surface area contributed by atoms with Crippen LogP contribution in [0.4, 0.5) is 0 Å². The number of nitrogens with zero attached hydrogens (tertiary/aromatic N) is 1. The summed E-state index contributed by atoms with van der Waals surface area (Å²) in [5, 5.41) is 0. The van der Waals surface area contributed by atoms with Crippen LogP contribution in [-0.4, -0.2) is 12.1 Å². The van der Waals surface area contributed by atoms with Crippen molar-refractivity contribution >= 4 is 0 Å². The first-order chi connectivity index (χ1) is 7.26. The lowest BCUT2D eigenvalue weighted by molar-refractivity contribution is 0.408. The maximum Gasteiger partial charge on any atom is 0.137 e. The van der Waals surface area contributed by atoms with Gasteiger partial charge in [-0.25, -0.2) is 0 Å². The van der Waals surface area contributed by atoms with Crippen LogP contribution in [0.25, 0.3) is 0 Å². The Morgan fingerprint density at radius 3 is 2.87 bits per heavy atom. The van der Waals surface area contributed by atoms with Crippen molar-refractivity contribution in [2.45, 2.75) is 19.4 Å². The summed E-state index contributed by atoms with van der Waals surface area (Å²) in [5.74, 6) is 7.74. The minimum Gasteiger partial charge on any atom is -0.495 e. The fourth-order valence-electron chi connectivity index (χ4n) is 2.00. The molecule has 15 heavy (non-hydrogen) atoms. The molecule has 0 bridgehead atoms. The minimum atomic E-state index is 0.197. The van der Waals surface area contributed by atoms with Crippen molar-refractivity contribution in [1.29, 1.82) is 0 Å². The summed E-state index contributed by atoms with van der Waals surface area (Å²) in [6.45, 7) is 2.24. The molecule has 0 aromatic carbocycles. The third-order valence-electron chi connectivity index (χ3n) is 3.11. The molecule has 2 rings (SSSR count). The molecule has 3 N–H and O–H groups in total. The number of pyridine rings is 1. The standard InChI is InChI=1S/C11H17N3O/c1-7-3-10(7)11(14-12)8-4-9(15-2)6-13-5-8/h4-7,10-11,14H,3,12H2,1-2H3. The van der Waals surface area contributed by atoms with E-state index in [2.05, 4.69) is 17.3 Å². The van der Waals surface area contributed by atoms with E-state index in [1.54, 1.807) is 13.3 Å². The van der Waals surface area contributed by atoms with Crippen LogP contribution < -0.4 is 16.0 Å². The van der Waals surface area contributed by atoms with Crippen molar-refractivity contribution in [1.82, 2.24) is 10.4 Å². The maximum absolute atomic E-state index is 5.58. The number of hydrogen-bond donors (Lipinski definition) is 2. The van der Waals surface area contributed by atoms with Gasteiger partial charge in [-0.05, 0) is 29.9 Å². The quantitative estimate of drug-likeness (QED) is 0.576. The largest absolute Gasteiger partial charge is 0.495 e. The molecule has 1 aromatic rings. The van der Waals surface area contributed by atoms with Crippen molar-refractivity contribution in [3.8, 4) is 5.75 Å². The molecule has 0 saturated heterocycles. The molecular weight excluding hydrogens is 190 g/mol. The van der Waals surface area contributed by atoms with E-state index in [4.69, 9.17) is 10.6 Å². The van der Waals surface area contributed by atoms with Gasteiger partial charge >= 0.3 is 0 Å². The first kappa shape index (κ1) is 10.4. The van der Waals surface area contributed by atoms with Gasteiger partial charge in [0.1, 0.15) is 5.75 Å². The van der Waals surface area contributed by atoms with Crippen molar-refractivity contribution in [2.24, 2.45) is 17.7 Å². The topological polar surface area (TPSA) is 60.2 Å². The molecule has 1 saturated carbocycles. The first-order valence-electron chi connectivity index (χ1n) is 5.21. The summed E-state index contributed by atoms with van der Waals surface area (Å²) < 4.78 is 5.15. The number of aromatic nitrogens is 1. The Bertz CT molecular complexity index is 342. The molecule has 0 aliphatic heterocycles. The fourth-order valence-corrected chi connectivity index (χ4v) is 2.00. The summed E-state index contributed by atoms with van der Waals surface area (Å²) in [7, 11) is 1.64. The van der Waals surface area contributed by atoms with E-state index in [0.29, 0.717) is 5.92 Å². The predicted molar refractivity (Wildman–Crippen MR) is 58.1 cm³/mol. The highest BCUT2D eigenvalue weighted by Gasteiger charge is 2.39. The number of ether oxygens (including phenoxy) is 1. The van der Waals surface area contributed by atoms with E-state index in [-0.39, 0.29) is 6.04 Å². The van der Waals surface area contributed by atoms with E-state index in [1.807, 2.05) is 12.3 Å². The Hall–Kier alpha value is -1.13. The molecule has 1 aliphatic carbocycles. The number of rotatable bonds is 4. The molecule has 1 aliphatic rings. The van der Waals surface area contributed by atoms with Crippen LogP contribution in [0.15, 0.2) is 18.5 Å². The lowest BCUT2D eigenvalue weighted by Crippen LogP contribution is -2.30. The van der Waals surface area contributed by atoms with Crippen molar-refractivity contribution in [3.05, 3.63) is 24.0 Å².